The topological polar surface area (TPSA) is 46.4 Å². The summed E-state index contributed by atoms with van der Waals surface area (Å²) in [5, 5.41) is 10.6. The molecule has 19 heavy (non-hydrogen) atoms. The van der Waals surface area contributed by atoms with Crippen molar-refractivity contribution in [2.45, 2.75) is 19.0 Å². The fourth-order valence-electron chi connectivity index (χ4n) is 2.08. The van der Waals surface area contributed by atoms with Gasteiger partial charge in [-0.2, -0.15) is 17.6 Å². The molecule has 0 aromatic heterocycles. The first kappa shape index (κ1) is 13.6. The highest BCUT2D eigenvalue weighted by atomic mass is 19.4. The third-order valence-electron chi connectivity index (χ3n) is 3.00. The molecule has 0 saturated carbocycles. The first-order valence-electron chi connectivity index (χ1n) is 5.61. The van der Waals surface area contributed by atoms with E-state index in [4.69, 9.17) is 0 Å². The van der Waals surface area contributed by atoms with Gasteiger partial charge < -0.3 is 4.90 Å². The van der Waals surface area contributed by atoms with Gasteiger partial charge in [0.25, 0.3) is 0 Å². The average Bonchev–Trinajstić information content (AvgIpc) is 2.80. The van der Waals surface area contributed by atoms with Gasteiger partial charge in [-0.05, 0) is 18.9 Å². The highest BCUT2D eigenvalue weighted by molar-refractivity contribution is 5.58. The van der Waals surface area contributed by atoms with Crippen molar-refractivity contribution in [1.29, 1.82) is 0 Å². The Kier molecular flexibility index (Phi) is 3.34. The Hall–Kier alpha value is -1.86. The van der Waals surface area contributed by atoms with Gasteiger partial charge >= 0.3 is 11.9 Å². The van der Waals surface area contributed by atoms with Crippen LogP contribution in [0, 0.1) is 15.9 Å². The maximum Gasteiger partial charge on any atom is 0.416 e. The van der Waals surface area contributed by atoms with Gasteiger partial charge in [0.15, 0.2) is 0 Å². The third-order valence-corrected chi connectivity index (χ3v) is 3.00. The van der Waals surface area contributed by atoms with Gasteiger partial charge in [0.1, 0.15) is 0 Å². The molecule has 0 atom stereocenters. The average molecular weight is 278 g/mol. The Morgan fingerprint density at radius 1 is 1.21 bits per heavy atom. The molecule has 1 aromatic rings. The van der Waals surface area contributed by atoms with E-state index in [-0.39, 0.29) is 11.8 Å². The lowest BCUT2D eigenvalue weighted by Crippen LogP contribution is -2.20. The van der Waals surface area contributed by atoms with E-state index in [1.807, 2.05) is 0 Å². The molecule has 2 rings (SSSR count). The number of alkyl halides is 3. The van der Waals surface area contributed by atoms with Crippen molar-refractivity contribution in [3.8, 4) is 0 Å². The zero-order valence-electron chi connectivity index (χ0n) is 9.71. The van der Waals surface area contributed by atoms with Gasteiger partial charge in [-0.15, -0.1) is 0 Å². The summed E-state index contributed by atoms with van der Waals surface area (Å²) in [6.07, 6.45) is -3.29. The fraction of sp³-hybridized carbons (Fsp3) is 0.455. The van der Waals surface area contributed by atoms with Gasteiger partial charge in [0.2, 0.25) is 5.82 Å². The second-order valence-corrected chi connectivity index (χ2v) is 4.28. The SMILES string of the molecule is O=[N+]([O-])c1cc(C(F)(F)F)cc(N2CCCC2)c1F. The van der Waals surface area contributed by atoms with E-state index in [1.54, 1.807) is 0 Å². The molecule has 1 aliphatic rings. The molecule has 1 aromatic carbocycles. The number of nitrogens with zero attached hydrogens (tertiary/aromatic N) is 2. The molecule has 104 valence electrons. The summed E-state index contributed by atoms with van der Waals surface area (Å²) in [4.78, 5) is 10.9. The molecule has 0 unspecified atom stereocenters. The summed E-state index contributed by atoms with van der Waals surface area (Å²) >= 11 is 0. The number of anilines is 1. The van der Waals surface area contributed by atoms with Crippen molar-refractivity contribution in [1.82, 2.24) is 0 Å². The van der Waals surface area contributed by atoms with Crippen LogP contribution >= 0.6 is 0 Å². The Balaban J connectivity index is 2.57. The molecule has 0 amide bonds. The molecule has 0 N–H and O–H groups in total. The summed E-state index contributed by atoms with van der Waals surface area (Å²) in [6, 6.07) is 0.864. The van der Waals surface area contributed by atoms with Gasteiger partial charge in [0.05, 0.1) is 16.2 Å². The molecule has 8 heteroatoms. The number of hydrogen-bond acceptors (Lipinski definition) is 3. The number of nitro benzene ring substituents is 1. The van der Waals surface area contributed by atoms with Crippen LogP contribution in [-0.2, 0) is 6.18 Å². The summed E-state index contributed by atoms with van der Waals surface area (Å²) < 4.78 is 51.9. The minimum absolute atomic E-state index is 0.231. The highest BCUT2D eigenvalue weighted by Crippen LogP contribution is 2.38. The number of hydrogen-bond donors (Lipinski definition) is 0. The van der Waals surface area contributed by atoms with Crippen LogP contribution in [0.3, 0.4) is 0 Å². The van der Waals surface area contributed by atoms with Crippen molar-refractivity contribution < 1.29 is 22.5 Å². The number of rotatable bonds is 2. The van der Waals surface area contributed by atoms with Gasteiger partial charge in [0, 0.05) is 19.2 Å². The maximum atomic E-state index is 13.9. The van der Waals surface area contributed by atoms with E-state index in [0.717, 1.165) is 12.8 Å². The van der Waals surface area contributed by atoms with Crippen LogP contribution in [0.1, 0.15) is 18.4 Å². The van der Waals surface area contributed by atoms with Crippen LogP contribution in [-0.4, -0.2) is 18.0 Å². The Labute approximate surface area is 105 Å². The van der Waals surface area contributed by atoms with Crippen LogP contribution < -0.4 is 4.90 Å². The second-order valence-electron chi connectivity index (χ2n) is 4.28. The van der Waals surface area contributed by atoms with Crippen molar-refractivity contribution in [3.63, 3.8) is 0 Å². The van der Waals surface area contributed by atoms with Crippen molar-refractivity contribution in [2.75, 3.05) is 18.0 Å². The van der Waals surface area contributed by atoms with Crippen LogP contribution in [0.2, 0.25) is 0 Å². The molecule has 0 aliphatic carbocycles. The van der Waals surface area contributed by atoms with E-state index in [2.05, 4.69) is 0 Å². The normalized spacial score (nSPS) is 15.9. The van der Waals surface area contributed by atoms with Crippen LogP contribution in [0.15, 0.2) is 12.1 Å². The summed E-state index contributed by atoms with van der Waals surface area (Å²) in [6.45, 7) is 0.796. The van der Waals surface area contributed by atoms with E-state index in [1.165, 1.54) is 4.90 Å². The minimum atomic E-state index is -4.74. The lowest BCUT2D eigenvalue weighted by atomic mass is 10.1. The maximum absolute atomic E-state index is 13.9. The lowest BCUT2D eigenvalue weighted by Gasteiger charge is -2.19. The quantitative estimate of drug-likeness (QED) is 0.473. The molecule has 1 fully saturated rings. The first-order chi connectivity index (χ1) is 8.80. The van der Waals surface area contributed by atoms with Crippen molar-refractivity contribution in [3.05, 3.63) is 33.6 Å². The lowest BCUT2D eigenvalue weighted by molar-refractivity contribution is -0.387. The third kappa shape index (κ3) is 2.61. The summed E-state index contributed by atoms with van der Waals surface area (Å²) in [5.41, 5.74) is -2.70. The number of halogens is 4. The minimum Gasteiger partial charge on any atom is -0.369 e. The van der Waals surface area contributed by atoms with Crippen LogP contribution in [0.4, 0.5) is 28.9 Å². The standard InChI is InChI=1S/C11H10F4N2O2/c12-10-8(16-3-1-2-4-16)5-7(11(13,14)15)6-9(10)17(18)19/h5-6H,1-4H2. The van der Waals surface area contributed by atoms with E-state index in [9.17, 15) is 27.7 Å². The predicted molar refractivity (Wildman–Crippen MR) is 59.5 cm³/mol. The smallest absolute Gasteiger partial charge is 0.369 e. The highest BCUT2D eigenvalue weighted by Gasteiger charge is 2.36. The monoisotopic (exact) mass is 278 g/mol. The molecule has 1 heterocycles. The van der Waals surface area contributed by atoms with Gasteiger partial charge in [-0.25, -0.2) is 0 Å². The van der Waals surface area contributed by atoms with Crippen molar-refractivity contribution >= 4 is 11.4 Å². The molecule has 0 bridgehead atoms. The fourth-order valence-corrected chi connectivity index (χ4v) is 2.08. The predicted octanol–water partition coefficient (Wildman–Crippen LogP) is 3.35. The molecule has 1 aliphatic heterocycles. The molecular weight excluding hydrogens is 268 g/mol. The van der Waals surface area contributed by atoms with Gasteiger partial charge in [-0.3, -0.25) is 10.1 Å². The van der Waals surface area contributed by atoms with E-state index >= 15 is 0 Å². The van der Waals surface area contributed by atoms with E-state index in [0.29, 0.717) is 19.2 Å². The second kappa shape index (κ2) is 4.67. The zero-order chi connectivity index (χ0) is 14.2. The van der Waals surface area contributed by atoms with Gasteiger partial charge in [-0.1, -0.05) is 0 Å². The number of nitro groups is 1. The van der Waals surface area contributed by atoms with Crippen LogP contribution in [0.25, 0.3) is 0 Å². The van der Waals surface area contributed by atoms with Crippen LogP contribution in [0.5, 0.6) is 0 Å². The molecule has 1 saturated heterocycles. The first-order valence-corrected chi connectivity index (χ1v) is 5.61. The zero-order valence-corrected chi connectivity index (χ0v) is 9.71. The molecule has 0 radical (unpaired) electrons. The number of benzene rings is 1. The molecule has 0 spiro atoms. The Morgan fingerprint density at radius 3 is 2.26 bits per heavy atom. The summed E-state index contributed by atoms with van der Waals surface area (Å²) in [5.74, 6) is -1.21. The van der Waals surface area contributed by atoms with Crippen molar-refractivity contribution in [2.24, 2.45) is 0 Å². The Bertz CT molecular complexity index is 510. The Morgan fingerprint density at radius 2 is 1.79 bits per heavy atom. The molecular formula is C11H10F4N2O2. The largest absolute Gasteiger partial charge is 0.416 e. The molecule has 4 nitrogen and oxygen atoms in total. The van der Waals surface area contributed by atoms with E-state index < -0.39 is 28.2 Å². The summed E-state index contributed by atoms with van der Waals surface area (Å²) in [7, 11) is 0.